The first-order valence-electron chi connectivity index (χ1n) is 8.27. The van der Waals surface area contributed by atoms with Gasteiger partial charge in [-0.25, -0.2) is 0 Å². The zero-order valence-corrected chi connectivity index (χ0v) is 14.5. The standard InChI is InChI=1S/C17H23N3O3S/c21-16(13-20-7-10-24-17(20)22)18-11-14-1-3-15(4-2-14)12-19-5-8-23-9-6-19/h1-4H,5-13H2,(H,18,21). The summed E-state index contributed by atoms with van der Waals surface area (Å²) in [5.41, 5.74) is 2.34. The lowest BCUT2D eigenvalue weighted by Gasteiger charge is -2.26. The number of amides is 2. The Kier molecular flexibility index (Phi) is 6.12. The Morgan fingerprint density at radius 3 is 2.50 bits per heavy atom. The Hall–Kier alpha value is -1.57. The summed E-state index contributed by atoms with van der Waals surface area (Å²) in [7, 11) is 0. The van der Waals surface area contributed by atoms with E-state index in [1.165, 1.54) is 17.3 Å². The van der Waals surface area contributed by atoms with Gasteiger partial charge in [-0.05, 0) is 11.1 Å². The monoisotopic (exact) mass is 349 g/mol. The van der Waals surface area contributed by atoms with Crippen LogP contribution >= 0.6 is 11.8 Å². The average molecular weight is 349 g/mol. The molecule has 2 saturated heterocycles. The molecule has 1 aromatic rings. The van der Waals surface area contributed by atoms with Crippen LogP contribution in [0, 0.1) is 0 Å². The number of benzene rings is 1. The highest BCUT2D eigenvalue weighted by Crippen LogP contribution is 2.16. The molecule has 6 nitrogen and oxygen atoms in total. The normalized spacial score (nSPS) is 18.8. The van der Waals surface area contributed by atoms with Crippen LogP contribution < -0.4 is 5.32 Å². The molecule has 0 aromatic heterocycles. The maximum atomic E-state index is 11.9. The molecule has 2 heterocycles. The summed E-state index contributed by atoms with van der Waals surface area (Å²) in [6.45, 7) is 5.81. The number of nitrogens with one attached hydrogen (secondary N) is 1. The molecule has 1 N–H and O–H groups in total. The number of ether oxygens (including phenoxy) is 1. The molecule has 1 aromatic carbocycles. The Bertz CT molecular complexity index is 573. The van der Waals surface area contributed by atoms with Gasteiger partial charge in [-0.2, -0.15) is 0 Å². The van der Waals surface area contributed by atoms with Gasteiger partial charge in [0.05, 0.1) is 13.2 Å². The molecule has 0 radical (unpaired) electrons. The molecule has 0 bridgehead atoms. The van der Waals surface area contributed by atoms with Gasteiger partial charge in [0, 0.05) is 38.5 Å². The van der Waals surface area contributed by atoms with Crippen LogP contribution in [0.1, 0.15) is 11.1 Å². The minimum atomic E-state index is -0.108. The van der Waals surface area contributed by atoms with Gasteiger partial charge in [-0.1, -0.05) is 36.0 Å². The fraction of sp³-hybridized carbons (Fsp3) is 0.529. The summed E-state index contributed by atoms with van der Waals surface area (Å²) in [4.78, 5) is 27.4. The number of hydrogen-bond acceptors (Lipinski definition) is 5. The van der Waals surface area contributed by atoms with E-state index in [1.807, 2.05) is 12.1 Å². The van der Waals surface area contributed by atoms with E-state index in [0.29, 0.717) is 13.1 Å². The van der Waals surface area contributed by atoms with E-state index in [0.717, 1.165) is 44.2 Å². The maximum absolute atomic E-state index is 11.9. The molecular weight excluding hydrogens is 326 g/mol. The van der Waals surface area contributed by atoms with Crippen LogP contribution in [0.3, 0.4) is 0 Å². The molecule has 2 aliphatic heterocycles. The van der Waals surface area contributed by atoms with Gasteiger partial charge in [0.25, 0.3) is 5.24 Å². The minimum Gasteiger partial charge on any atom is -0.379 e. The van der Waals surface area contributed by atoms with Gasteiger partial charge in [-0.15, -0.1) is 0 Å². The highest BCUT2D eigenvalue weighted by molar-refractivity contribution is 8.13. The molecule has 0 saturated carbocycles. The van der Waals surface area contributed by atoms with E-state index in [4.69, 9.17) is 4.74 Å². The third-order valence-corrected chi connectivity index (χ3v) is 5.09. The van der Waals surface area contributed by atoms with Crippen molar-refractivity contribution in [3.63, 3.8) is 0 Å². The number of rotatable bonds is 6. The molecule has 3 rings (SSSR count). The lowest BCUT2D eigenvalue weighted by atomic mass is 10.1. The molecule has 0 unspecified atom stereocenters. The van der Waals surface area contributed by atoms with Gasteiger partial charge in [0.15, 0.2) is 0 Å². The Balaban J connectivity index is 1.42. The SMILES string of the molecule is O=C(CN1CCSC1=O)NCc1ccc(CN2CCOCC2)cc1. The van der Waals surface area contributed by atoms with Crippen molar-refractivity contribution >= 4 is 22.9 Å². The van der Waals surface area contributed by atoms with Crippen LogP contribution in [0.5, 0.6) is 0 Å². The Morgan fingerprint density at radius 2 is 1.83 bits per heavy atom. The molecule has 24 heavy (non-hydrogen) atoms. The maximum Gasteiger partial charge on any atom is 0.282 e. The predicted octanol–water partition coefficient (Wildman–Crippen LogP) is 1.30. The van der Waals surface area contributed by atoms with Crippen LogP contribution in [0.25, 0.3) is 0 Å². The number of carbonyl (C=O) groups excluding carboxylic acids is 2. The summed E-state index contributed by atoms with van der Waals surface area (Å²) >= 11 is 1.27. The number of hydrogen-bond donors (Lipinski definition) is 1. The molecule has 7 heteroatoms. The third kappa shape index (κ3) is 4.96. The molecule has 0 spiro atoms. The molecule has 2 fully saturated rings. The highest BCUT2D eigenvalue weighted by Gasteiger charge is 2.22. The second-order valence-corrected chi connectivity index (χ2v) is 7.06. The lowest BCUT2D eigenvalue weighted by Crippen LogP contribution is -2.37. The smallest absolute Gasteiger partial charge is 0.282 e. The predicted molar refractivity (Wildman–Crippen MR) is 93.8 cm³/mol. The zero-order valence-electron chi connectivity index (χ0n) is 13.7. The van der Waals surface area contributed by atoms with Crippen molar-refractivity contribution in [1.82, 2.24) is 15.1 Å². The van der Waals surface area contributed by atoms with Crippen LogP contribution in [-0.2, 0) is 22.6 Å². The molecule has 130 valence electrons. The van der Waals surface area contributed by atoms with Crippen LogP contribution in [0.2, 0.25) is 0 Å². The van der Waals surface area contributed by atoms with Crippen LogP contribution in [0.4, 0.5) is 4.79 Å². The van der Waals surface area contributed by atoms with Crippen LogP contribution in [0.15, 0.2) is 24.3 Å². The summed E-state index contributed by atoms with van der Waals surface area (Å²) < 4.78 is 5.36. The lowest BCUT2D eigenvalue weighted by molar-refractivity contribution is -0.121. The second-order valence-electron chi connectivity index (χ2n) is 6.02. The number of nitrogens with zero attached hydrogens (tertiary/aromatic N) is 2. The minimum absolute atomic E-state index is 0.00221. The quantitative estimate of drug-likeness (QED) is 0.839. The van der Waals surface area contributed by atoms with Gasteiger partial charge < -0.3 is 15.0 Å². The second kappa shape index (κ2) is 8.50. The van der Waals surface area contributed by atoms with Crippen LogP contribution in [-0.4, -0.2) is 66.1 Å². The Morgan fingerprint density at radius 1 is 1.12 bits per heavy atom. The third-order valence-electron chi connectivity index (χ3n) is 4.20. The highest BCUT2D eigenvalue weighted by atomic mass is 32.2. The first-order chi connectivity index (χ1) is 11.7. The van der Waals surface area contributed by atoms with Gasteiger partial charge >= 0.3 is 0 Å². The average Bonchev–Trinajstić information content (AvgIpc) is 3.00. The van der Waals surface area contributed by atoms with E-state index < -0.39 is 0 Å². The van der Waals surface area contributed by atoms with Crippen molar-refractivity contribution in [1.29, 1.82) is 0 Å². The van der Waals surface area contributed by atoms with Crippen molar-refractivity contribution in [2.24, 2.45) is 0 Å². The molecule has 2 amide bonds. The largest absolute Gasteiger partial charge is 0.379 e. The number of morpholine rings is 1. The molecule has 0 atom stereocenters. The van der Waals surface area contributed by atoms with Crippen molar-refractivity contribution in [2.45, 2.75) is 13.1 Å². The first kappa shape index (κ1) is 17.3. The van der Waals surface area contributed by atoms with Gasteiger partial charge in [0.2, 0.25) is 5.91 Å². The van der Waals surface area contributed by atoms with E-state index in [1.54, 1.807) is 4.90 Å². The summed E-state index contributed by atoms with van der Waals surface area (Å²) in [5, 5.41) is 2.88. The van der Waals surface area contributed by atoms with E-state index >= 15 is 0 Å². The molecule has 0 aliphatic carbocycles. The molecule has 2 aliphatic rings. The van der Waals surface area contributed by atoms with E-state index in [9.17, 15) is 9.59 Å². The van der Waals surface area contributed by atoms with Gasteiger partial charge in [0.1, 0.15) is 6.54 Å². The number of thioether (sulfide) groups is 1. The van der Waals surface area contributed by atoms with E-state index in [-0.39, 0.29) is 17.7 Å². The summed E-state index contributed by atoms with van der Waals surface area (Å²) in [6, 6.07) is 8.31. The van der Waals surface area contributed by atoms with Crippen molar-refractivity contribution in [3.05, 3.63) is 35.4 Å². The number of carbonyl (C=O) groups is 2. The zero-order chi connectivity index (χ0) is 16.8. The van der Waals surface area contributed by atoms with Gasteiger partial charge in [-0.3, -0.25) is 14.5 Å². The summed E-state index contributed by atoms with van der Waals surface area (Å²) in [5.74, 6) is 0.666. The van der Waals surface area contributed by atoms with Crippen molar-refractivity contribution in [3.8, 4) is 0 Å². The Labute approximate surface area is 146 Å². The van der Waals surface area contributed by atoms with E-state index in [2.05, 4.69) is 22.3 Å². The first-order valence-corrected chi connectivity index (χ1v) is 9.25. The summed E-state index contributed by atoms with van der Waals surface area (Å²) in [6.07, 6.45) is 0. The fourth-order valence-electron chi connectivity index (χ4n) is 2.78. The molecular formula is C17H23N3O3S. The topological polar surface area (TPSA) is 61.9 Å². The van der Waals surface area contributed by atoms with Crippen molar-refractivity contribution < 1.29 is 14.3 Å². The van der Waals surface area contributed by atoms with Crippen molar-refractivity contribution in [2.75, 3.05) is 45.1 Å². The fourth-order valence-corrected chi connectivity index (χ4v) is 3.60.